The molecule has 2 unspecified atom stereocenters. The number of ether oxygens (including phenoxy) is 1. The summed E-state index contributed by atoms with van der Waals surface area (Å²) in [5.74, 6) is -1.72. The van der Waals surface area contributed by atoms with Crippen molar-refractivity contribution in [1.82, 2.24) is 10.2 Å². The highest BCUT2D eigenvalue weighted by Gasteiger charge is 2.45. The van der Waals surface area contributed by atoms with Crippen LogP contribution in [0.1, 0.15) is 40.0 Å². The Morgan fingerprint density at radius 3 is 2.52 bits per heavy atom. The molecular weight excluding hydrogens is 300 g/mol. The number of amides is 2. The highest BCUT2D eigenvalue weighted by atomic mass is 16.5. The molecule has 2 amide bonds. The Kier molecular flexibility index (Phi) is 4.98. The van der Waals surface area contributed by atoms with Crippen LogP contribution in [0.4, 0.5) is 0 Å². The second kappa shape index (κ2) is 6.47. The van der Waals surface area contributed by atoms with Crippen molar-refractivity contribution < 1.29 is 24.2 Å². The normalized spacial score (nSPS) is 28.5. The number of carboxylic acid groups (broad SMARTS) is 1. The first-order chi connectivity index (χ1) is 10.7. The van der Waals surface area contributed by atoms with Gasteiger partial charge in [0, 0.05) is 31.5 Å². The van der Waals surface area contributed by atoms with Crippen LogP contribution >= 0.6 is 0 Å². The Hall–Kier alpha value is -1.63. The Morgan fingerprint density at radius 1 is 1.30 bits per heavy atom. The van der Waals surface area contributed by atoms with Crippen molar-refractivity contribution in [2.75, 3.05) is 26.3 Å². The lowest BCUT2D eigenvalue weighted by Gasteiger charge is -2.37. The predicted octanol–water partition coefficient (Wildman–Crippen LogP) is 0.631. The van der Waals surface area contributed by atoms with E-state index in [1.54, 1.807) is 4.90 Å². The third-order valence-electron chi connectivity index (χ3n) is 4.51. The predicted molar refractivity (Wildman–Crippen MR) is 82.7 cm³/mol. The molecule has 2 rings (SSSR count). The average molecular weight is 326 g/mol. The molecule has 2 heterocycles. The van der Waals surface area contributed by atoms with Gasteiger partial charge in [0.05, 0.1) is 12.5 Å². The molecule has 23 heavy (non-hydrogen) atoms. The van der Waals surface area contributed by atoms with E-state index in [1.807, 2.05) is 20.8 Å². The van der Waals surface area contributed by atoms with E-state index in [4.69, 9.17) is 4.74 Å². The molecule has 2 N–H and O–H groups in total. The first-order valence-corrected chi connectivity index (χ1v) is 8.08. The number of carbonyl (C=O) groups excluding carboxylic acids is 2. The fourth-order valence-electron chi connectivity index (χ4n) is 3.07. The van der Waals surface area contributed by atoms with Crippen LogP contribution in [0.15, 0.2) is 0 Å². The van der Waals surface area contributed by atoms with Crippen LogP contribution in [0.25, 0.3) is 0 Å². The van der Waals surface area contributed by atoms with Crippen molar-refractivity contribution in [2.45, 2.75) is 45.6 Å². The molecule has 2 atom stereocenters. The van der Waals surface area contributed by atoms with Gasteiger partial charge in [0.2, 0.25) is 11.8 Å². The molecule has 0 bridgehead atoms. The van der Waals surface area contributed by atoms with Gasteiger partial charge in [-0.1, -0.05) is 20.8 Å². The quantitative estimate of drug-likeness (QED) is 0.793. The van der Waals surface area contributed by atoms with Crippen molar-refractivity contribution >= 4 is 17.8 Å². The zero-order valence-corrected chi connectivity index (χ0v) is 14.1. The lowest BCUT2D eigenvalue weighted by Crippen LogP contribution is -2.58. The number of hydrogen-bond donors (Lipinski definition) is 2. The van der Waals surface area contributed by atoms with Crippen molar-refractivity contribution in [3.8, 4) is 0 Å². The van der Waals surface area contributed by atoms with Gasteiger partial charge in [-0.25, -0.2) is 4.79 Å². The molecule has 7 nitrogen and oxygen atoms in total. The maximum atomic E-state index is 12.5. The van der Waals surface area contributed by atoms with Gasteiger partial charge in [-0.15, -0.1) is 0 Å². The molecule has 0 aromatic carbocycles. The minimum atomic E-state index is -1.33. The van der Waals surface area contributed by atoms with Crippen LogP contribution in [0.3, 0.4) is 0 Å². The molecule has 0 radical (unpaired) electrons. The Labute approximate surface area is 136 Å². The summed E-state index contributed by atoms with van der Waals surface area (Å²) in [6.07, 6.45) is 1.68. The Morgan fingerprint density at radius 2 is 2.00 bits per heavy atom. The SMILES string of the molecule is CC(C)(C)C(=O)N1CCCC(C(=O)NC2(C(=O)O)CCOC2)C1. The van der Waals surface area contributed by atoms with E-state index in [9.17, 15) is 19.5 Å². The first kappa shape index (κ1) is 17.7. The van der Waals surface area contributed by atoms with Gasteiger partial charge >= 0.3 is 5.97 Å². The molecule has 0 spiro atoms. The minimum absolute atomic E-state index is 0.00850. The summed E-state index contributed by atoms with van der Waals surface area (Å²) in [5, 5.41) is 12.1. The summed E-state index contributed by atoms with van der Waals surface area (Å²) >= 11 is 0. The third-order valence-corrected chi connectivity index (χ3v) is 4.51. The summed E-state index contributed by atoms with van der Waals surface area (Å²) in [6.45, 7) is 6.87. The summed E-state index contributed by atoms with van der Waals surface area (Å²) < 4.78 is 5.15. The fourth-order valence-corrected chi connectivity index (χ4v) is 3.07. The number of likely N-dealkylation sites (tertiary alicyclic amines) is 1. The van der Waals surface area contributed by atoms with E-state index in [2.05, 4.69) is 5.32 Å². The molecule has 0 aromatic rings. The summed E-state index contributed by atoms with van der Waals surface area (Å²) in [7, 11) is 0. The minimum Gasteiger partial charge on any atom is -0.479 e. The molecule has 2 fully saturated rings. The van der Waals surface area contributed by atoms with Crippen LogP contribution in [0, 0.1) is 11.3 Å². The van der Waals surface area contributed by atoms with Gasteiger partial charge < -0.3 is 20.1 Å². The number of nitrogens with one attached hydrogen (secondary N) is 1. The Bertz CT molecular complexity index is 491. The van der Waals surface area contributed by atoms with Crippen LogP contribution in [0.2, 0.25) is 0 Å². The molecule has 2 aliphatic rings. The van der Waals surface area contributed by atoms with Crippen molar-refractivity contribution in [2.24, 2.45) is 11.3 Å². The van der Waals surface area contributed by atoms with E-state index >= 15 is 0 Å². The van der Waals surface area contributed by atoms with Crippen molar-refractivity contribution in [1.29, 1.82) is 0 Å². The van der Waals surface area contributed by atoms with E-state index < -0.39 is 16.9 Å². The summed E-state index contributed by atoms with van der Waals surface area (Å²) in [6, 6.07) is 0. The molecule has 0 saturated carbocycles. The van der Waals surface area contributed by atoms with Gasteiger partial charge in [0.25, 0.3) is 0 Å². The second-order valence-corrected chi connectivity index (χ2v) is 7.52. The van der Waals surface area contributed by atoms with Crippen molar-refractivity contribution in [3.05, 3.63) is 0 Å². The van der Waals surface area contributed by atoms with E-state index in [0.717, 1.165) is 6.42 Å². The molecule has 2 saturated heterocycles. The highest BCUT2D eigenvalue weighted by molar-refractivity contribution is 5.89. The van der Waals surface area contributed by atoms with Gasteiger partial charge in [-0.05, 0) is 12.8 Å². The van der Waals surface area contributed by atoms with E-state index in [0.29, 0.717) is 26.1 Å². The third kappa shape index (κ3) is 3.83. The summed E-state index contributed by atoms with van der Waals surface area (Å²) in [5.41, 5.74) is -1.81. The molecule has 0 aliphatic carbocycles. The van der Waals surface area contributed by atoms with Gasteiger partial charge in [0.1, 0.15) is 0 Å². The van der Waals surface area contributed by atoms with E-state index in [1.165, 1.54) is 0 Å². The monoisotopic (exact) mass is 326 g/mol. The second-order valence-electron chi connectivity index (χ2n) is 7.52. The number of rotatable bonds is 3. The lowest BCUT2D eigenvalue weighted by atomic mass is 9.90. The fraction of sp³-hybridized carbons (Fsp3) is 0.812. The zero-order chi connectivity index (χ0) is 17.3. The van der Waals surface area contributed by atoms with Crippen LogP contribution in [-0.4, -0.2) is 59.6 Å². The maximum absolute atomic E-state index is 12.5. The smallest absolute Gasteiger partial charge is 0.331 e. The van der Waals surface area contributed by atoms with Crippen molar-refractivity contribution in [3.63, 3.8) is 0 Å². The van der Waals surface area contributed by atoms with Gasteiger partial charge in [-0.2, -0.15) is 0 Å². The number of nitrogens with zero attached hydrogens (tertiary/aromatic N) is 1. The average Bonchev–Trinajstić information content (AvgIpc) is 2.95. The topological polar surface area (TPSA) is 95.9 Å². The van der Waals surface area contributed by atoms with Gasteiger partial charge in [-0.3, -0.25) is 9.59 Å². The number of piperidine rings is 1. The standard InChI is InChI=1S/C16H26N2O5/c1-15(2,3)13(20)18-7-4-5-11(9-18)12(19)17-16(14(21)22)6-8-23-10-16/h11H,4-10H2,1-3H3,(H,17,19)(H,21,22). The maximum Gasteiger partial charge on any atom is 0.331 e. The molecule has 0 aromatic heterocycles. The zero-order valence-electron chi connectivity index (χ0n) is 14.1. The number of carbonyl (C=O) groups is 3. The summed E-state index contributed by atoms with van der Waals surface area (Å²) in [4.78, 5) is 38.1. The van der Waals surface area contributed by atoms with Gasteiger partial charge in [0.15, 0.2) is 5.54 Å². The highest BCUT2D eigenvalue weighted by Crippen LogP contribution is 2.25. The molecule has 7 heteroatoms. The number of aliphatic carboxylic acids is 1. The lowest BCUT2D eigenvalue weighted by molar-refractivity contribution is -0.150. The van der Waals surface area contributed by atoms with Crippen LogP contribution in [0.5, 0.6) is 0 Å². The van der Waals surface area contributed by atoms with Crippen LogP contribution < -0.4 is 5.32 Å². The number of carboxylic acids is 1. The number of hydrogen-bond acceptors (Lipinski definition) is 4. The van der Waals surface area contributed by atoms with E-state index in [-0.39, 0.29) is 30.8 Å². The Balaban J connectivity index is 2.02. The first-order valence-electron chi connectivity index (χ1n) is 8.08. The van der Waals surface area contributed by atoms with Crippen LogP contribution in [-0.2, 0) is 19.1 Å². The molecule has 130 valence electrons. The molecular formula is C16H26N2O5. The molecule has 2 aliphatic heterocycles. The largest absolute Gasteiger partial charge is 0.479 e.